The third-order valence-corrected chi connectivity index (χ3v) is 5.61. The maximum Gasteiger partial charge on any atom is 0.450 e. The van der Waals surface area contributed by atoms with Gasteiger partial charge in [0.25, 0.3) is 9.05 Å². The van der Waals surface area contributed by atoms with Gasteiger partial charge in [0.15, 0.2) is 0 Å². The first-order valence-corrected chi connectivity index (χ1v) is 11.2. The van der Waals surface area contributed by atoms with E-state index >= 15 is 0 Å². The SMILES string of the molecule is Cc1cc(F)c(CC(=O)C(F)(F)F)cc1S(=O)(=O)Cl.Cc1ccc(CC(=O)C(F)(F)F)c(F)c1. The molecule has 2 aromatic carbocycles. The summed E-state index contributed by atoms with van der Waals surface area (Å²) in [4.78, 5) is 20.8. The number of ketones is 2. The fourth-order valence-electron chi connectivity index (χ4n) is 2.44. The molecule has 0 saturated heterocycles. The number of aryl methyl sites for hydroxylation is 2. The molecule has 188 valence electrons. The molecule has 0 heterocycles. The minimum absolute atomic E-state index is 0.0595. The van der Waals surface area contributed by atoms with Crippen LogP contribution in [0, 0.1) is 25.5 Å². The van der Waals surface area contributed by atoms with Crippen LogP contribution in [-0.2, 0) is 31.5 Å². The van der Waals surface area contributed by atoms with Crippen LogP contribution in [0.3, 0.4) is 0 Å². The molecule has 0 unspecified atom stereocenters. The number of hydrogen-bond donors (Lipinski definition) is 0. The van der Waals surface area contributed by atoms with E-state index in [0.717, 1.165) is 6.07 Å². The summed E-state index contributed by atoms with van der Waals surface area (Å²) in [5.74, 6) is -6.00. The van der Waals surface area contributed by atoms with Gasteiger partial charge in [0.1, 0.15) is 11.6 Å². The summed E-state index contributed by atoms with van der Waals surface area (Å²) < 4.78 is 121. The molecule has 4 nitrogen and oxygen atoms in total. The lowest BCUT2D eigenvalue weighted by atomic mass is 10.1. The van der Waals surface area contributed by atoms with E-state index in [1.54, 1.807) is 6.92 Å². The maximum atomic E-state index is 13.4. The van der Waals surface area contributed by atoms with Crippen molar-refractivity contribution >= 4 is 31.3 Å². The van der Waals surface area contributed by atoms with Gasteiger partial charge in [-0.2, -0.15) is 26.3 Å². The highest BCUT2D eigenvalue weighted by atomic mass is 35.7. The van der Waals surface area contributed by atoms with Gasteiger partial charge < -0.3 is 0 Å². The molecule has 0 radical (unpaired) electrons. The second kappa shape index (κ2) is 10.8. The Labute approximate surface area is 192 Å². The summed E-state index contributed by atoms with van der Waals surface area (Å²) in [6, 6.07) is 5.10. The third kappa shape index (κ3) is 8.67. The van der Waals surface area contributed by atoms with Gasteiger partial charge in [0.05, 0.1) is 4.90 Å². The van der Waals surface area contributed by atoms with Crippen LogP contribution in [0.4, 0.5) is 35.1 Å². The van der Waals surface area contributed by atoms with Crippen molar-refractivity contribution in [2.45, 2.75) is 43.9 Å². The van der Waals surface area contributed by atoms with E-state index in [1.165, 1.54) is 19.1 Å². The number of hydrogen-bond acceptors (Lipinski definition) is 4. The van der Waals surface area contributed by atoms with Crippen LogP contribution in [-0.4, -0.2) is 32.3 Å². The second-order valence-electron chi connectivity index (χ2n) is 6.94. The number of carbonyl (C=O) groups excluding carboxylic acids is 2. The maximum absolute atomic E-state index is 13.4. The first-order chi connectivity index (χ1) is 15.2. The molecule has 34 heavy (non-hydrogen) atoms. The van der Waals surface area contributed by atoms with Crippen molar-refractivity contribution < 1.29 is 53.1 Å². The van der Waals surface area contributed by atoms with E-state index in [9.17, 15) is 53.1 Å². The van der Waals surface area contributed by atoms with Gasteiger partial charge in [-0.15, -0.1) is 0 Å². The Hall–Kier alpha value is -2.54. The average Bonchev–Trinajstić information content (AvgIpc) is 2.64. The number of Topliss-reactive ketones (excluding diaryl/α,β-unsaturated/α-hetero) is 2. The molecule has 14 heteroatoms. The number of alkyl halides is 6. The number of benzene rings is 2. The summed E-state index contributed by atoms with van der Waals surface area (Å²) in [6.07, 6.45) is -12.3. The Balaban J connectivity index is 0.000000350. The Morgan fingerprint density at radius 2 is 1.24 bits per heavy atom. The first-order valence-electron chi connectivity index (χ1n) is 8.92. The second-order valence-corrected chi connectivity index (χ2v) is 9.47. The molecule has 0 fully saturated rings. The standard InChI is InChI=1S/C10H7ClF4O3S.C10H8F4O/c1-5-2-7(12)6(3-8(5)19(11,17)18)4-9(16)10(13,14)15;1-6-2-3-7(8(11)4-6)5-9(15)10(12,13)14/h2-3H,4H2,1H3;2-4H,5H2,1H3. The van der Waals surface area contributed by atoms with Crippen molar-refractivity contribution in [1.82, 2.24) is 0 Å². The summed E-state index contributed by atoms with van der Waals surface area (Å²) in [6.45, 7) is 2.84. The van der Waals surface area contributed by atoms with Crippen molar-refractivity contribution in [2.24, 2.45) is 0 Å². The topological polar surface area (TPSA) is 68.3 Å². The van der Waals surface area contributed by atoms with Gasteiger partial charge in [-0.05, 0) is 54.3 Å². The molecular formula is C20H15ClF8O4S. The summed E-state index contributed by atoms with van der Waals surface area (Å²) in [7, 11) is 0.826. The Kier molecular flexibility index (Phi) is 9.37. The lowest BCUT2D eigenvalue weighted by Crippen LogP contribution is -2.25. The van der Waals surface area contributed by atoms with Crippen LogP contribution < -0.4 is 0 Å². The van der Waals surface area contributed by atoms with Crippen LogP contribution in [0.2, 0.25) is 0 Å². The Bertz CT molecular complexity index is 1190. The predicted molar refractivity (Wildman–Crippen MR) is 105 cm³/mol. The van der Waals surface area contributed by atoms with E-state index in [-0.39, 0.29) is 11.1 Å². The summed E-state index contributed by atoms with van der Waals surface area (Å²) in [5.41, 5.74) is -0.374. The smallest absolute Gasteiger partial charge is 0.289 e. The minimum Gasteiger partial charge on any atom is -0.289 e. The van der Waals surface area contributed by atoms with E-state index in [1.807, 2.05) is 0 Å². The average molecular weight is 539 g/mol. The molecule has 0 aliphatic heterocycles. The van der Waals surface area contributed by atoms with Gasteiger partial charge in [-0.3, -0.25) is 9.59 Å². The molecule has 0 aromatic heterocycles. The molecule has 0 spiro atoms. The largest absolute Gasteiger partial charge is 0.450 e. The van der Waals surface area contributed by atoms with E-state index in [4.69, 9.17) is 10.7 Å². The van der Waals surface area contributed by atoms with Crippen molar-refractivity contribution in [3.8, 4) is 0 Å². The molecule has 2 aromatic rings. The highest BCUT2D eigenvalue weighted by Gasteiger charge is 2.39. The fraction of sp³-hybridized carbons (Fsp3) is 0.300. The molecule has 0 aliphatic carbocycles. The van der Waals surface area contributed by atoms with Gasteiger partial charge in [-0.25, -0.2) is 17.2 Å². The quantitative estimate of drug-likeness (QED) is 0.370. The lowest BCUT2D eigenvalue weighted by Gasteiger charge is -2.09. The molecule has 0 atom stereocenters. The monoisotopic (exact) mass is 538 g/mol. The van der Waals surface area contributed by atoms with Crippen molar-refractivity contribution in [3.63, 3.8) is 0 Å². The highest BCUT2D eigenvalue weighted by molar-refractivity contribution is 8.13. The molecule has 0 bridgehead atoms. The normalized spacial score (nSPS) is 12.1. The highest BCUT2D eigenvalue weighted by Crippen LogP contribution is 2.26. The zero-order valence-electron chi connectivity index (χ0n) is 17.2. The van der Waals surface area contributed by atoms with Crippen molar-refractivity contribution in [3.05, 3.63) is 64.2 Å². The summed E-state index contributed by atoms with van der Waals surface area (Å²) >= 11 is 0. The van der Waals surface area contributed by atoms with Gasteiger partial charge >= 0.3 is 12.4 Å². The predicted octanol–water partition coefficient (Wildman–Crippen LogP) is 5.54. The van der Waals surface area contributed by atoms with Crippen LogP contribution in [0.5, 0.6) is 0 Å². The van der Waals surface area contributed by atoms with Gasteiger partial charge in [-0.1, -0.05) is 12.1 Å². The van der Waals surface area contributed by atoms with Gasteiger partial charge in [0.2, 0.25) is 11.6 Å². The summed E-state index contributed by atoms with van der Waals surface area (Å²) in [5, 5.41) is 0. The molecule has 0 aliphatic rings. The van der Waals surface area contributed by atoms with E-state index in [0.29, 0.717) is 17.7 Å². The first kappa shape index (κ1) is 29.5. The Morgan fingerprint density at radius 1 is 0.794 bits per heavy atom. The van der Waals surface area contributed by atoms with E-state index in [2.05, 4.69) is 0 Å². The molecule has 0 N–H and O–H groups in total. The number of rotatable bonds is 5. The molecular weight excluding hydrogens is 524 g/mol. The van der Waals surface area contributed by atoms with Crippen LogP contribution in [0.15, 0.2) is 35.2 Å². The van der Waals surface area contributed by atoms with E-state index < -0.39 is 67.9 Å². The van der Waals surface area contributed by atoms with Crippen molar-refractivity contribution in [1.29, 1.82) is 0 Å². The Morgan fingerprint density at radius 3 is 1.65 bits per heavy atom. The zero-order chi connectivity index (χ0) is 26.6. The van der Waals surface area contributed by atoms with Crippen LogP contribution >= 0.6 is 10.7 Å². The van der Waals surface area contributed by atoms with Crippen molar-refractivity contribution in [2.75, 3.05) is 0 Å². The van der Waals surface area contributed by atoms with Gasteiger partial charge in [0, 0.05) is 23.5 Å². The lowest BCUT2D eigenvalue weighted by molar-refractivity contribution is -0.170. The number of carbonyl (C=O) groups is 2. The minimum atomic E-state index is -5.11. The molecule has 0 amide bonds. The number of halogens is 9. The molecule has 0 saturated carbocycles. The third-order valence-electron chi connectivity index (χ3n) is 4.15. The van der Waals surface area contributed by atoms with Crippen LogP contribution in [0.25, 0.3) is 0 Å². The zero-order valence-corrected chi connectivity index (χ0v) is 18.8. The fourth-order valence-corrected chi connectivity index (χ4v) is 3.66. The van der Waals surface area contributed by atoms with Crippen LogP contribution in [0.1, 0.15) is 22.3 Å². The molecule has 2 rings (SSSR count).